The summed E-state index contributed by atoms with van der Waals surface area (Å²) in [6.45, 7) is 1.97. The van der Waals surface area contributed by atoms with E-state index in [2.05, 4.69) is 15.9 Å². The van der Waals surface area contributed by atoms with E-state index in [4.69, 9.17) is 4.74 Å². The number of carbonyl (C=O) groups is 1. The molecule has 0 amide bonds. The van der Waals surface area contributed by atoms with Crippen molar-refractivity contribution in [3.63, 3.8) is 0 Å². The molecular formula is C15H13BrO2. The lowest BCUT2D eigenvalue weighted by Gasteiger charge is -2.06. The third kappa shape index (κ3) is 2.62. The van der Waals surface area contributed by atoms with Crippen LogP contribution in [0.4, 0.5) is 0 Å². The van der Waals surface area contributed by atoms with Crippen molar-refractivity contribution in [3.05, 3.63) is 63.6 Å². The topological polar surface area (TPSA) is 26.3 Å². The minimum atomic E-state index is 0.0158. The fourth-order valence-electron chi connectivity index (χ4n) is 1.76. The Kier molecular flexibility index (Phi) is 3.82. The molecule has 0 saturated carbocycles. The molecule has 0 aromatic heterocycles. The summed E-state index contributed by atoms with van der Waals surface area (Å²) < 4.78 is 5.93. The molecule has 2 nitrogen and oxygen atoms in total. The number of hydrogen-bond donors (Lipinski definition) is 0. The number of carbonyl (C=O) groups excluding carboxylic acids is 1. The van der Waals surface area contributed by atoms with Crippen molar-refractivity contribution in [1.29, 1.82) is 0 Å². The van der Waals surface area contributed by atoms with Gasteiger partial charge in [0.05, 0.1) is 11.6 Å². The van der Waals surface area contributed by atoms with Gasteiger partial charge in [0.15, 0.2) is 5.78 Å². The van der Waals surface area contributed by atoms with Gasteiger partial charge in [0.1, 0.15) is 5.75 Å². The quantitative estimate of drug-likeness (QED) is 0.801. The molecule has 2 aromatic rings. The van der Waals surface area contributed by atoms with Crippen molar-refractivity contribution >= 4 is 21.7 Å². The van der Waals surface area contributed by atoms with Crippen molar-refractivity contribution < 1.29 is 9.53 Å². The van der Waals surface area contributed by atoms with Crippen LogP contribution in [0.2, 0.25) is 0 Å². The van der Waals surface area contributed by atoms with Gasteiger partial charge in [0.2, 0.25) is 0 Å². The zero-order chi connectivity index (χ0) is 13.1. The molecule has 0 heterocycles. The average molecular weight is 305 g/mol. The molecule has 2 aromatic carbocycles. The molecule has 0 aliphatic heterocycles. The van der Waals surface area contributed by atoms with E-state index in [0.717, 1.165) is 15.8 Å². The number of ketones is 1. The zero-order valence-electron chi connectivity index (χ0n) is 10.2. The number of aryl methyl sites for hydroxylation is 1. The van der Waals surface area contributed by atoms with Crippen molar-refractivity contribution in [2.24, 2.45) is 0 Å². The molecule has 0 bridgehead atoms. The van der Waals surface area contributed by atoms with Crippen LogP contribution >= 0.6 is 15.9 Å². The molecule has 0 unspecified atom stereocenters. The fraction of sp³-hybridized carbons (Fsp3) is 0.133. The number of ether oxygens (including phenoxy) is 1. The molecule has 0 aliphatic carbocycles. The van der Waals surface area contributed by atoms with Gasteiger partial charge >= 0.3 is 0 Å². The van der Waals surface area contributed by atoms with Crippen molar-refractivity contribution in [2.75, 3.05) is 7.11 Å². The summed E-state index contributed by atoms with van der Waals surface area (Å²) in [6.07, 6.45) is 0. The number of benzene rings is 2. The molecule has 92 valence electrons. The van der Waals surface area contributed by atoms with Gasteiger partial charge in [0.25, 0.3) is 0 Å². The lowest BCUT2D eigenvalue weighted by atomic mass is 10.0. The van der Waals surface area contributed by atoms with Crippen molar-refractivity contribution in [1.82, 2.24) is 0 Å². The first kappa shape index (κ1) is 12.8. The van der Waals surface area contributed by atoms with Gasteiger partial charge in [-0.3, -0.25) is 4.79 Å². The summed E-state index contributed by atoms with van der Waals surface area (Å²) in [6, 6.07) is 12.9. The number of methoxy groups -OCH3 is 1. The molecule has 0 aliphatic rings. The van der Waals surface area contributed by atoms with E-state index >= 15 is 0 Å². The Morgan fingerprint density at radius 3 is 2.44 bits per heavy atom. The second kappa shape index (κ2) is 5.36. The van der Waals surface area contributed by atoms with Crippen LogP contribution in [0.5, 0.6) is 5.75 Å². The van der Waals surface area contributed by atoms with E-state index in [1.807, 2.05) is 31.2 Å². The van der Waals surface area contributed by atoms with Crippen LogP contribution in [0, 0.1) is 6.92 Å². The van der Waals surface area contributed by atoms with E-state index in [1.54, 1.807) is 25.3 Å². The largest absolute Gasteiger partial charge is 0.496 e. The van der Waals surface area contributed by atoms with Gasteiger partial charge < -0.3 is 4.74 Å². The summed E-state index contributed by atoms with van der Waals surface area (Å²) in [5.41, 5.74) is 2.42. The first-order valence-electron chi connectivity index (χ1n) is 5.56. The van der Waals surface area contributed by atoms with Crippen LogP contribution in [-0.4, -0.2) is 12.9 Å². The normalized spacial score (nSPS) is 10.2. The maximum atomic E-state index is 12.3. The average Bonchev–Trinajstić information content (AvgIpc) is 2.37. The number of rotatable bonds is 3. The molecule has 0 spiro atoms. The fourth-order valence-corrected chi connectivity index (χ4v) is 2.30. The van der Waals surface area contributed by atoms with Gasteiger partial charge in [-0.25, -0.2) is 0 Å². The summed E-state index contributed by atoms with van der Waals surface area (Å²) >= 11 is 3.39. The SMILES string of the molecule is COc1ccc(C(=O)c2cccc(C)c2)cc1Br. The third-order valence-corrected chi connectivity index (χ3v) is 3.31. The van der Waals surface area contributed by atoms with E-state index in [-0.39, 0.29) is 5.78 Å². The maximum absolute atomic E-state index is 12.3. The molecule has 3 heteroatoms. The Morgan fingerprint density at radius 2 is 1.83 bits per heavy atom. The molecule has 0 radical (unpaired) electrons. The smallest absolute Gasteiger partial charge is 0.193 e. The lowest BCUT2D eigenvalue weighted by molar-refractivity contribution is 0.103. The summed E-state index contributed by atoms with van der Waals surface area (Å²) in [4.78, 5) is 12.3. The van der Waals surface area contributed by atoms with E-state index in [1.165, 1.54) is 0 Å². The van der Waals surface area contributed by atoms with Crippen LogP contribution < -0.4 is 4.74 Å². The highest BCUT2D eigenvalue weighted by Gasteiger charge is 2.11. The number of halogens is 1. The van der Waals surface area contributed by atoms with Crippen LogP contribution in [-0.2, 0) is 0 Å². The first-order chi connectivity index (χ1) is 8.61. The molecule has 0 N–H and O–H groups in total. The summed E-state index contributed by atoms with van der Waals surface area (Å²) in [5.74, 6) is 0.734. The van der Waals surface area contributed by atoms with Gasteiger partial charge in [-0.15, -0.1) is 0 Å². The minimum absolute atomic E-state index is 0.0158. The molecule has 0 atom stereocenters. The van der Waals surface area contributed by atoms with Crippen molar-refractivity contribution in [2.45, 2.75) is 6.92 Å². The van der Waals surface area contributed by atoms with Gasteiger partial charge in [-0.05, 0) is 47.1 Å². The van der Waals surface area contributed by atoms with Crippen LogP contribution in [0.1, 0.15) is 21.5 Å². The van der Waals surface area contributed by atoms with Gasteiger partial charge in [-0.2, -0.15) is 0 Å². The van der Waals surface area contributed by atoms with Gasteiger partial charge in [0, 0.05) is 11.1 Å². The number of hydrogen-bond acceptors (Lipinski definition) is 2. The highest BCUT2D eigenvalue weighted by atomic mass is 79.9. The predicted molar refractivity (Wildman–Crippen MR) is 75.3 cm³/mol. The Bertz CT molecular complexity index is 591. The van der Waals surface area contributed by atoms with Gasteiger partial charge in [-0.1, -0.05) is 23.8 Å². The molecule has 0 fully saturated rings. The Hall–Kier alpha value is -1.61. The Morgan fingerprint density at radius 1 is 1.11 bits per heavy atom. The second-order valence-electron chi connectivity index (χ2n) is 4.05. The van der Waals surface area contributed by atoms with E-state index < -0.39 is 0 Å². The maximum Gasteiger partial charge on any atom is 0.193 e. The summed E-state index contributed by atoms with van der Waals surface area (Å²) in [7, 11) is 1.60. The van der Waals surface area contributed by atoms with E-state index in [0.29, 0.717) is 11.1 Å². The van der Waals surface area contributed by atoms with Crippen LogP contribution in [0.3, 0.4) is 0 Å². The second-order valence-corrected chi connectivity index (χ2v) is 4.90. The molecule has 2 rings (SSSR count). The minimum Gasteiger partial charge on any atom is -0.496 e. The first-order valence-corrected chi connectivity index (χ1v) is 6.36. The highest BCUT2D eigenvalue weighted by Crippen LogP contribution is 2.26. The molecular weight excluding hydrogens is 292 g/mol. The Labute approximate surface area is 115 Å². The zero-order valence-corrected chi connectivity index (χ0v) is 11.8. The van der Waals surface area contributed by atoms with E-state index in [9.17, 15) is 4.79 Å². The highest BCUT2D eigenvalue weighted by molar-refractivity contribution is 9.10. The van der Waals surface area contributed by atoms with Crippen LogP contribution in [0.25, 0.3) is 0 Å². The monoisotopic (exact) mass is 304 g/mol. The predicted octanol–water partition coefficient (Wildman–Crippen LogP) is 4.00. The molecule has 0 saturated heterocycles. The molecule has 18 heavy (non-hydrogen) atoms. The van der Waals surface area contributed by atoms with Crippen molar-refractivity contribution in [3.8, 4) is 5.75 Å². The standard InChI is InChI=1S/C15H13BrO2/c1-10-4-3-5-11(8-10)15(17)12-6-7-14(18-2)13(16)9-12/h3-9H,1-2H3. The van der Waals surface area contributed by atoms with Crippen LogP contribution in [0.15, 0.2) is 46.9 Å². The Balaban J connectivity index is 2.37. The summed E-state index contributed by atoms with van der Waals surface area (Å²) in [5, 5.41) is 0. The lowest BCUT2D eigenvalue weighted by Crippen LogP contribution is -2.01. The third-order valence-electron chi connectivity index (χ3n) is 2.69.